The van der Waals surface area contributed by atoms with Crippen molar-refractivity contribution < 1.29 is 17.9 Å². The smallest absolute Gasteiger partial charge is 0.247 e. The van der Waals surface area contributed by atoms with Gasteiger partial charge in [-0.3, -0.25) is 0 Å². The third kappa shape index (κ3) is 3.60. The number of anilines is 1. The fourth-order valence-electron chi connectivity index (χ4n) is 3.00. The molecule has 6 nitrogen and oxygen atoms in total. The molecule has 0 saturated carbocycles. The third-order valence-corrected chi connectivity index (χ3v) is 6.63. The van der Waals surface area contributed by atoms with Crippen LogP contribution < -0.4 is 14.4 Å². The van der Waals surface area contributed by atoms with Crippen LogP contribution in [0, 0.1) is 0 Å². The van der Waals surface area contributed by atoms with Crippen molar-refractivity contribution in [1.29, 1.82) is 0 Å². The van der Waals surface area contributed by atoms with E-state index in [9.17, 15) is 8.42 Å². The van der Waals surface area contributed by atoms with Crippen LogP contribution in [0.5, 0.6) is 11.5 Å². The third-order valence-electron chi connectivity index (χ3n) is 4.42. The number of sulfonamides is 1. The van der Waals surface area contributed by atoms with Crippen LogP contribution in [0.15, 0.2) is 47.4 Å². The van der Waals surface area contributed by atoms with Gasteiger partial charge >= 0.3 is 0 Å². The van der Waals surface area contributed by atoms with E-state index >= 15 is 0 Å². The number of hydrogen-bond donors (Lipinski definition) is 0. The van der Waals surface area contributed by atoms with E-state index in [4.69, 9.17) is 21.1 Å². The summed E-state index contributed by atoms with van der Waals surface area (Å²) in [6.07, 6.45) is 0. The second-order valence-corrected chi connectivity index (χ2v) is 8.18. The maximum absolute atomic E-state index is 13.1. The van der Waals surface area contributed by atoms with E-state index < -0.39 is 10.0 Å². The van der Waals surface area contributed by atoms with Crippen LogP contribution in [0.4, 0.5) is 5.69 Å². The molecule has 0 atom stereocenters. The zero-order chi connectivity index (χ0) is 18.7. The highest BCUT2D eigenvalue weighted by molar-refractivity contribution is 7.89. The average Bonchev–Trinajstić information content (AvgIpc) is 2.68. The number of halogens is 1. The summed E-state index contributed by atoms with van der Waals surface area (Å²) < 4.78 is 38.1. The van der Waals surface area contributed by atoms with E-state index in [1.807, 2.05) is 30.3 Å². The number of hydrogen-bond acceptors (Lipinski definition) is 5. The van der Waals surface area contributed by atoms with Crippen molar-refractivity contribution in [2.45, 2.75) is 4.90 Å². The van der Waals surface area contributed by atoms with Gasteiger partial charge in [0.05, 0.1) is 19.2 Å². The molecule has 0 spiro atoms. The molecule has 1 heterocycles. The lowest BCUT2D eigenvalue weighted by molar-refractivity contribution is 0.371. The molecule has 1 fully saturated rings. The highest BCUT2D eigenvalue weighted by atomic mass is 35.5. The molecule has 3 rings (SSSR count). The minimum Gasteiger partial charge on any atom is -0.495 e. The Balaban J connectivity index is 1.84. The number of benzene rings is 2. The van der Waals surface area contributed by atoms with Crippen LogP contribution in [0.3, 0.4) is 0 Å². The minimum absolute atomic E-state index is 0.0643. The molecule has 140 valence electrons. The van der Waals surface area contributed by atoms with Crippen LogP contribution >= 0.6 is 11.6 Å². The number of piperazine rings is 1. The average molecular weight is 397 g/mol. The van der Waals surface area contributed by atoms with E-state index in [1.165, 1.54) is 30.7 Å². The first-order chi connectivity index (χ1) is 12.5. The van der Waals surface area contributed by atoms with Gasteiger partial charge in [0.2, 0.25) is 10.0 Å². The first-order valence-corrected chi connectivity index (χ1v) is 10.0. The number of para-hydroxylation sites is 1. The van der Waals surface area contributed by atoms with Gasteiger partial charge in [-0.1, -0.05) is 29.8 Å². The van der Waals surface area contributed by atoms with Gasteiger partial charge in [-0.05, 0) is 12.1 Å². The predicted molar refractivity (Wildman–Crippen MR) is 102 cm³/mol. The lowest BCUT2D eigenvalue weighted by atomic mass is 10.2. The molecule has 0 bridgehead atoms. The maximum Gasteiger partial charge on any atom is 0.247 e. The summed E-state index contributed by atoms with van der Waals surface area (Å²) >= 11 is 6.08. The molecule has 26 heavy (non-hydrogen) atoms. The molecule has 0 radical (unpaired) electrons. The first-order valence-electron chi connectivity index (χ1n) is 8.19. The van der Waals surface area contributed by atoms with Crippen molar-refractivity contribution in [2.24, 2.45) is 0 Å². The molecule has 2 aromatic carbocycles. The Hall–Kier alpha value is -1.96. The molecule has 0 unspecified atom stereocenters. The Morgan fingerprint density at radius 3 is 2.12 bits per heavy atom. The number of rotatable bonds is 5. The summed E-state index contributed by atoms with van der Waals surface area (Å²) in [4.78, 5) is 2.24. The molecular weight excluding hydrogens is 376 g/mol. The fraction of sp³-hybridized carbons (Fsp3) is 0.333. The lowest BCUT2D eigenvalue weighted by Gasteiger charge is -2.35. The number of methoxy groups -OCH3 is 2. The molecule has 1 saturated heterocycles. The van der Waals surface area contributed by atoms with Crippen molar-refractivity contribution in [3.05, 3.63) is 47.5 Å². The standard InChI is InChI=1S/C18H21ClN2O4S/c1-24-16-13-18(17(25-2)12-15(16)19)26(22,23)21-10-8-20(9-11-21)14-6-4-3-5-7-14/h3-7,12-13H,8-11H2,1-2H3. The van der Waals surface area contributed by atoms with Gasteiger partial charge in [-0.2, -0.15) is 4.31 Å². The molecule has 0 aromatic heterocycles. The van der Waals surface area contributed by atoms with E-state index in [0.717, 1.165) is 5.69 Å². The molecule has 0 aliphatic carbocycles. The van der Waals surface area contributed by atoms with E-state index in [1.54, 1.807) is 0 Å². The van der Waals surface area contributed by atoms with E-state index in [2.05, 4.69) is 4.90 Å². The summed E-state index contributed by atoms with van der Waals surface area (Å²) in [5.74, 6) is 0.509. The first kappa shape index (κ1) is 18.8. The normalized spacial score (nSPS) is 15.7. The maximum atomic E-state index is 13.1. The largest absolute Gasteiger partial charge is 0.495 e. The second-order valence-electron chi connectivity index (χ2n) is 5.86. The van der Waals surface area contributed by atoms with Crippen molar-refractivity contribution >= 4 is 27.3 Å². The topological polar surface area (TPSA) is 59.1 Å². The lowest BCUT2D eigenvalue weighted by Crippen LogP contribution is -2.48. The summed E-state index contributed by atoms with van der Waals surface area (Å²) in [5, 5.41) is 0.303. The van der Waals surface area contributed by atoms with Gasteiger partial charge in [0.1, 0.15) is 16.4 Å². The van der Waals surface area contributed by atoms with E-state index in [0.29, 0.717) is 37.0 Å². The van der Waals surface area contributed by atoms with Crippen LogP contribution in [-0.4, -0.2) is 53.1 Å². The highest BCUT2D eigenvalue weighted by Gasteiger charge is 2.32. The Morgan fingerprint density at radius 2 is 1.54 bits per heavy atom. The summed E-state index contributed by atoms with van der Waals surface area (Å²) in [7, 11) is -0.848. The van der Waals surface area contributed by atoms with E-state index in [-0.39, 0.29) is 10.6 Å². The summed E-state index contributed by atoms with van der Waals surface area (Å²) in [5.41, 5.74) is 1.09. The van der Waals surface area contributed by atoms with Crippen molar-refractivity contribution in [3.8, 4) is 11.5 Å². The van der Waals surface area contributed by atoms with Crippen molar-refractivity contribution in [3.63, 3.8) is 0 Å². The van der Waals surface area contributed by atoms with Crippen molar-refractivity contribution in [2.75, 3.05) is 45.3 Å². The number of nitrogens with zero attached hydrogens (tertiary/aromatic N) is 2. The molecule has 8 heteroatoms. The van der Waals surface area contributed by atoms with Gasteiger partial charge in [-0.15, -0.1) is 0 Å². The summed E-state index contributed by atoms with van der Waals surface area (Å²) in [6, 6.07) is 12.8. The van der Waals surface area contributed by atoms with Gasteiger partial charge in [0.25, 0.3) is 0 Å². The molecular formula is C18H21ClN2O4S. The van der Waals surface area contributed by atoms with Gasteiger partial charge < -0.3 is 14.4 Å². The monoisotopic (exact) mass is 396 g/mol. The molecule has 2 aromatic rings. The number of ether oxygens (including phenoxy) is 2. The zero-order valence-corrected chi connectivity index (χ0v) is 16.3. The zero-order valence-electron chi connectivity index (χ0n) is 14.7. The van der Waals surface area contributed by atoms with Crippen LogP contribution in [0.1, 0.15) is 0 Å². The minimum atomic E-state index is -3.72. The SMILES string of the molecule is COc1cc(S(=O)(=O)N2CCN(c3ccccc3)CC2)c(OC)cc1Cl. The predicted octanol–water partition coefficient (Wildman–Crippen LogP) is 2.87. The fourth-order valence-corrected chi connectivity index (χ4v) is 4.80. The van der Waals surface area contributed by atoms with Gasteiger partial charge in [0, 0.05) is 44.0 Å². The molecule has 1 aliphatic rings. The molecule has 0 amide bonds. The van der Waals surface area contributed by atoms with Crippen molar-refractivity contribution in [1.82, 2.24) is 4.31 Å². The molecule has 0 N–H and O–H groups in total. The molecule has 1 aliphatic heterocycles. The Kier molecular flexibility index (Phi) is 5.60. The Labute approximate surface area is 158 Å². The van der Waals surface area contributed by atoms with Crippen LogP contribution in [-0.2, 0) is 10.0 Å². The quantitative estimate of drug-likeness (QED) is 0.777. The highest BCUT2D eigenvalue weighted by Crippen LogP contribution is 2.36. The van der Waals surface area contributed by atoms with Crippen LogP contribution in [0.2, 0.25) is 5.02 Å². The van der Waals surface area contributed by atoms with Gasteiger partial charge in [0.15, 0.2) is 0 Å². The Morgan fingerprint density at radius 1 is 0.923 bits per heavy atom. The second kappa shape index (κ2) is 7.73. The Bertz CT molecular complexity index is 866. The summed E-state index contributed by atoms with van der Waals surface area (Å²) in [6.45, 7) is 2.03. The van der Waals surface area contributed by atoms with Crippen LogP contribution in [0.25, 0.3) is 0 Å². The van der Waals surface area contributed by atoms with Gasteiger partial charge in [-0.25, -0.2) is 8.42 Å².